The number of aliphatic hydroxyl groups excluding tert-OH is 1. The van der Waals surface area contributed by atoms with Gasteiger partial charge in [0.25, 0.3) is 0 Å². The zero-order chi connectivity index (χ0) is 12.8. The second kappa shape index (κ2) is 6.79. The molecule has 0 aliphatic heterocycles. The van der Waals surface area contributed by atoms with Crippen LogP contribution >= 0.6 is 23.1 Å². The molecule has 2 aromatic heterocycles. The van der Waals surface area contributed by atoms with Crippen LogP contribution in [0.25, 0.3) is 0 Å². The van der Waals surface area contributed by atoms with Gasteiger partial charge in [0.2, 0.25) is 5.88 Å². The normalized spacial score (nSPS) is 14.3. The van der Waals surface area contributed by atoms with Crippen LogP contribution < -0.4 is 10.1 Å². The first kappa shape index (κ1) is 13.4. The minimum absolute atomic E-state index is 0.218. The third kappa shape index (κ3) is 4.02. The molecule has 0 fully saturated rings. The Balaban J connectivity index is 1.67. The van der Waals surface area contributed by atoms with Gasteiger partial charge in [0.15, 0.2) is 0 Å². The zero-order valence-corrected chi connectivity index (χ0v) is 11.6. The van der Waals surface area contributed by atoms with Crippen molar-refractivity contribution < 1.29 is 9.84 Å². The van der Waals surface area contributed by atoms with E-state index in [-0.39, 0.29) is 12.6 Å². The van der Waals surface area contributed by atoms with Crippen molar-refractivity contribution in [1.82, 2.24) is 14.1 Å². The summed E-state index contributed by atoms with van der Waals surface area (Å²) >= 11 is 2.79. The van der Waals surface area contributed by atoms with Crippen molar-refractivity contribution in [3.8, 4) is 5.88 Å². The van der Waals surface area contributed by atoms with Gasteiger partial charge in [-0.3, -0.25) is 0 Å². The number of nitrogens with one attached hydrogen (secondary N) is 1. The molecule has 98 valence electrons. The van der Waals surface area contributed by atoms with E-state index in [2.05, 4.69) is 27.1 Å². The summed E-state index contributed by atoms with van der Waals surface area (Å²) in [4.78, 5) is 1.26. The Bertz CT molecular complexity index is 433. The fraction of sp³-hybridized carbons (Fsp3) is 0.455. The maximum atomic E-state index is 9.77. The number of hydrogen-bond acceptors (Lipinski definition) is 7. The molecular weight excluding hydrogens is 270 g/mol. The highest BCUT2D eigenvalue weighted by atomic mass is 32.1. The van der Waals surface area contributed by atoms with Crippen molar-refractivity contribution >= 4 is 23.1 Å². The number of ether oxygens (including phenoxy) is 1. The molecule has 0 saturated carbocycles. The van der Waals surface area contributed by atoms with E-state index in [1.807, 2.05) is 11.4 Å². The van der Waals surface area contributed by atoms with Crippen LogP contribution in [0.5, 0.6) is 5.88 Å². The summed E-state index contributed by atoms with van der Waals surface area (Å²) in [5.74, 6) is 0.463. The molecular formula is C11H15N3O2S2. The number of hydrogen-bond donors (Lipinski definition) is 2. The molecule has 0 aromatic carbocycles. The van der Waals surface area contributed by atoms with Gasteiger partial charge in [-0.05, 0) is 18.4 Å². The van der Waals surface area contributed by atoms with E-state index in [0.29, 0.717) is 12.4 Å². The summed E-state index contributed by atoms with van der Waals surface area (Å²) in [6.07, 6.45) is 0.980. The van der Waals surface area contributed by atoms with E-state index in [1.54, 1.807) is 17.5 Å². The number of nitrogens with zero attached hydrogens (tertiary/aromatic N) is 2. The van der Waals surface area contributed by atoms with Crippen LogP contribution in [-0.2, 0) is 0 Å². The lowest BCUT2D eigenvalue weighted by atomic mass is 10.2. The first-order valence-electron chi connectivity index (χ1n) is 5.61. The molecule has 2 N–H and O–H groups in total. The summed E-state index contributed by atoms with van der Waals surface area (Å²) in [6.45, 7) is 2.77. The fourth-order valence-corrected chi connectivity index (χ4v) is 2.53. The lowest BCUT2D eigenvalue weighted by molar-refractivity contribution is 0.102. The highest BCUT2D eigenvalue weighted by molar-refractivity contribution is 7.10. The molecule has 0 aliphatic carbocycles. The standard InChI is InChI=1S/C11H15N3O2S2/c1-8(10-3-2-4-17-10)12-5-9(15)7-16-11-6-13-18-14-11/h2-4,6,8-9,12,15H,5,7H2,1H3. The van der Waals surface area contributed by atoms with E-state index < -0.39 is 6.10 Å². The minimum Gasteiger partial charge on any atom is -0.473 e. The van der Waals surface area contributed by atoms with E-state index in [0.717, 1.165) is 11.7 Å². The minimum atomic E-state index is -0.561. The summed E-state index contributed by atoms with van der Waals surface area (Å²) < 4.78 is 13.0. The van der Waals surface area contributed by atoms with Crippen LogP contribution in [0.3, 0.4) is 0 Å². The fourth-order valence-electron chi connectivity index (χ4n) is 1.41. The second-order valence-corrected chi connectivity index (χ2v) is 5.39. The lowest BCUT2D eigenvalue weighted by Crippen LogP contribution is -2.32. The molecule has 0 saturated heterocycles. The average molecular weight is 285 g/mol. The molecule has 2 atom stereocenters. The predicted octanol–water partition coefficient (Wildman–Crippen LogP) is 1.69. The molecule has 7 heteroatoms. The van der Waals surface area contributed by atoms with Crippen molar-refractivity contribution in [2.24, 2.45) is 0 Å². The van der Waals surface area contributed by atoms with E-state index >= 15 is 0 Å². The summed E-state index contributed by atoms with van der Waals surface area (Å²) in [7, 11) is 0. The van der Waals surface area contributed by atoms with Crippen LogP contribution in [0, 0.1) is 0 Å². The number of aromatic nitrogens is 2. The van der Waals surface area contributed by atoms with Crippen molar-refractivity contribution in [3.63, 3.8) is 0 Å². The van der Waals surface area contributed by atoms with Crippen LogP contribution in [0.15, 0.2) is 23.7 Å². The number of thiophene rings is 1. The van der Waals surface area contributed by atoms with Crippen molar-refractivity contribution in [3.05, 3.63) is 28.6 Å². The van der Waals surface area contributed by atoms with E-state index in [9.17, 15) is 5.11 Å². The number of rotatable bonds is 7. The third-order valence-electron chi connectivity index (χ3n) is 2.39. The Kier molecular flexibility index (Phi) is 5.06. The molecule has 0 amide bonds. The lowest BCUT2D eigenvalue weighted by Gasteiger charge is -2.16. The maximum Gasteiger partial charge on any atom is 0.245 e. The molecule has 0 aliphatic rings. The van der Waals surface area contributed by atoms with Crippen LogP contribution in [0.1, 0.15) is 17.8 Å². The first-order valence-corrected chi connectivity index (χ1v) is 7.22. The summed E-state index contributed by atoms with van der Waals surface area (Å²) in [5.41, 5.74) is 0. The van der Waals surface area contributed by atoms with E-state index in [1.165, 1.54) is 4.88 Å². The second-order valence-electron chi connectivity index (χ2n) is 3.86. The smallest absolute Gasteiger partial charge is 0.245 e. The SMILES string of the molecule is CC(NCC(O)COc1cnsn1)c1cccs1. The molecule has 2 heterocycles. The van der Waals surface area contributed by atoms with Gasteiger partial charge < -0.3 is 15.2 Å². The molecule has 0 bridgehead atoms. The monoisotopic (exact) mass is 285 g/mol. The van der Waals surface area contributed by atoms with Gasteiger partial charge in [-0.2, -0.15) is 4.37 Å². The van der Waals surface area contributed by atoms with Gasteiger partial charge in [0.1, 0.15) is 18.9 Å². The molecule has 2 unspecified atom stereocenters. The van der Waals surface area contributed by atoms with Crippen LogP contribution in [0.2, 0.25) is 0 Å². The highest BCUT2D eigenvalue weighted by Crippen LogP contribution is 2.17. The zero-order valence-electron chi connectivity index (χ0n) is 9.94. The molecule has 0 spiro atoms. The molecule has 5 nitrogen and oxygen atoms in total. The summed E-state index contributed by atoms with van der Waals surface area (Å²) in [5, 5.41) is 15.1. The van der Waals surface area contributed by atoms with Gasteiger partial charge in [-0.1, -0.05) is 6.07 Å². The molecule has 0 radical (unpaired) electrons. The number of aliphatic hydroxyl groups is 1. The van der Waals surface area contributed by atoms with Gasteiger partial charge in [-0.15, -0.1) is 15.7 Å². The topological polar surface area (TPSA) is 67.3 Å². The Hall–Kier alpha value is -1.02. The van der Waals surface area contributed by atoms with Crippen LogP contribution in [-0.4, -0.2) is 33.1 Å². The van der Waals surface area contributed by atoms with Crippen molar-refractivity contribution in [2.45, 2.75) is 19.1 Å². The van der Waals surface area contributed by atoms with E-state index in [4.69, 9.17) is 4.74 Å². The van der Waals surface area contributed by atoms with Gasteiger partial charge >= 0.3 is 0 Å². The van der Waals surface area contributed by atoms with Gasteiger partial charge in [0.05, 0.1) is 11.7 Å². The summed E-state index contributed by atoms with van der Waals surface area (Å²) in [6, 6.07) is 4.33. The molecule has 18 heavy (non-hydrogen) atoms. The molecule has 2 aromatic rings. The first-order chi connectivity index (χ1) is 8.75. The van der Waals surface area contributed by atoms with Crippen LogP contribution in [0.4, 0.5) is 0 Å². The highest BCUT2D eigenvalue weighted by Gasteiger charge is 2.10. The Morgan fingerprint density at radius 2 is 2.44 bits per heavy atom. The van der Waals surface area contributed by atoms with Gasteiger partial charge in [-0.25, -0.2) is 0 Å². The average Bonchev–Trinajstić information content (AvgIpc) is 3.05. The van der Waals surface area contributed by atoms with Gasteiger partial charge in [0, 0.05) is 17.5 Å². The van der Waals surface area contributed by atoms with Crippen molar-refractivity contribution in [2.75, 3.05) is 13.2 Å². The maximum absolute atomic E-state index is 9.77. The Morgan fingerprint density at radius 3 is 3.11 bits per heavy atom. The Morgan fingerprint density at radius 1 is 1.56 bits per heavy atom. The Labute approximate surface area is 114 Å². The third-order valence-corrected chi connectivity index (χ3v) is 3.91. The largest absolute Gasteiger partial charge is 0.473 e. The van der Waals surface area contributed by atoms with Crippen molar-refractivity contribution in [1.29, 1.82) is 0 Å². The quantitative estimate of drug-likeness (QED) is 0.810. The predicted molar refractivity (Wildman–Crippen MR) is 72.1 cm³/mol. The molecule has 2 rings (SSSR count).